The van der Waals surface area contributed by atoms with Gasteiger partial charge in [-0.15, -0.1) is 10.2 Å². The Morgan fingerprint density at radius 2 is 1.68 bits per heavy atom. The van der Waals surface area contributed by atoms with E-state index in [4.69, 9.17) is 4.74 Å². The summed E-state index contributed by atoms with van der Waals surface area (Å²) in [5, 5.41) is 11.3. The van der Waals surface area contributed by atoms with Gasteiger partial charge >= 0.3 is 0 Å². The van der Waals surface area contributed by atoms with Crippen LogP contribution in [0.4, 0.5) is 11.5 Å². The summed E-state index contributed by atoms with van der Waals surface area (Å²) in [7, 11) is 1.64. The molecule has 2 aromatic carbocycles. The quantitative estimate of drug-likeness (QED) is 0.578. The molecule has 0 saturated heterocycles. The highest BCUT2D eigenvalue weighted by atomic mass is 16.5. The van der Waals surface area contributed by atoms with Crippen molar-refractivity contribution in [1.82, 2.24) is 15.5 Å². The average molecular weight is 376 g/mol. The van der Waals surface area contributed by atoms with Crippen LogP contribution in [0.5, 0.6) is 0 Å². The topological polar surface area (TPSA) is 67.3 Å². The van der Waals surface area contributed by atoms with E-state index in [0.29, 0.717) is 31.2 Å². The molecule has 3 aromatic rings. The van der Waals surface area contributed by atoms with Crippen molar-refractivity contribution in [2.24, 2.45) is 0 Å². The summed E-state index contributed by atoms with van der Waals surface area (Å²) in [6.45, 7) is 1.80. The first-order valence-electron chi connectivity index (χ1n) is 9.25. The van der Waals surface area contributed by atoms with Crippen molar-refractivity contribution in [2.45, 2.75) is 13.0 Å². The molecule has 6 nitrogen and oxygen atoms in total. The number of hydrogen-bond donors (Lipinski definition) is 1. The zero-order chi connectivity index (χ0) is 19.6. The maximum atomic E-state index is 12.2. The number of anilines is 2. The van der Waals surface area contributed by atoms with Crippen LogP contribution in [-0.4, -0.2) is 36.4 Å². The lowest BCUT2D eigenvalue weighted by Gasteiger charge is -2.23. The fourth-order valence-electron chi connectivity index (χ4n) is 2.78. The molecule has 1 aromatic heterocycles. The number of methoxy groups -OCH3 is 1. The van der Waals surface area contributed by atoms with Crippen LogP contribution in [0.15, 0.2) is 72.8 Å². The summed E-state index contributed by atoms with van der Waals surface area (Å²) in [5.41, 5.74) is 2.47. The molecule has 0 bridgehead atoms. The largest absolute Gasteiger partial charge is 0.385 e. The van der Waals surface area contributed by atoms with E-state index in [1.54, 1.807) is 13.2 Å². The minimum Gasteiger partial charge on any atom is -0.385 e. The molecule has 1 heterocycles. The molecule has 0 saturated carbocycles. The molecule has 1 N–H and O–H groups in total. The van der Waals surface area contributed by atoms with Crippen molar-refractivity contribution >= 4 is 17.4 Å². The highest BCUT2D eigenvalue weighted by molar-refractivity contribution is 5.92. The zero-order valence-electron chi connectivity index (χ0n) is 15.9. The Morgan fingerprint density at radius 1 is 0.964 bits per heavy atom. The van der Waals surface area contributed by atoms with Gasteiger partial charge in [-0.05, 0) is 36.2 Å². The highest BCUT2D eigenvalue weighted by Crippen LogP contribution is 2.25. The average Bonchev–Trinajstić information content (AvgIpc) is 2.76. The molecule has 144 valence electrons. The van der Waals surface area contributed by atoms with Crippen LogP contribution in [0.2, 0.25) is 0 Å². The molecule has 0 aliphatic carbocycles. The van der Waals surface area contributed by atoms with Crippen LogP contribution < -0.4 is 10.2 Å². The van der Waals surface area contributed by atoms with E-state index in [0.717, 1.165) is 17.7 Å². The first-order valence-corrected chi connectivity index (χ1v) is 9.25. The molecule has 28 heavy (non-hydrogen) atoms. The fourth-order valence-corrected chi connectivity index (χ4v) is 2.78. The Hall–Kier alpha value is -3.25. The van der Waals surface area contributed by atoms with Gasteiger partial charge in [0.15, 0.2) is 11.5 Å². The lowest BCUT2D eigenvalue weighted by molar-refractivity contribution is 0.0942. The molecular formula is C22H24N4O2. The van der Waals surface area contributed by atoms with Crippen molar-refractivity contribution < 1.29 is 9.53 Å². The van der Waals surface area contributed by atoms with Gasteiger partial charge in [0.25, 0.3) is 5.91 Å². The monoisotopic (exact) mass is 376 g/mol. The number of hydrogen-bond acceptors (Lipinski definition) is 5. The number of carbonyl (C=O) groups is 1. The SMILES string of the molecule is COCCCNC(=O)c1ccc(N(Cc2ccccc2)c2ccccc2)nn1. The van der Waals surface area contributed by atoms with E-state index >= 15 is 0 Å². The van der Waals surface area contributed by atoms with Crippen LogP contribution in [0.1, 0.15) is 22.5 Å². The Balaban J connectivity index is 1.76. The van der Waals surface area contributed by atoms with Crippen LogP contribution in [0.3, 0.4) is 0 Å². The second-order valence-electron chi connectivity index (χ2n) is 6.29. The molecule has 0 aliphatic rings. The Morgan fingerprint density at radius 3 is 2.32 bits per heavy atom. The van der Waals surface area contributed by atoms with Crippen molar-refractivity contribution in [3.8, 4) is 0 Å². The molecule has 1 amide bonds. The van der Waals surface area contributed by atoms with Gasteiger partial charge in [0.2, 0.25) is 0 Å². The number of amides is 1. The van der Waals surface area contributed by atoms with E-state index in [1.807, 2.05) is 54.6 Å². The fraction of sp³-hybridized carbons (Fsp3) is 0.227. The molecule has 0 aliphatic heterocycles. The van der Waals surface area contributed by atoms with E-state index in [2.05, 4.69) is 32.5 Å². The van der Waals surface area contributed by atoms with Crippen molar-refractivity contribution in [1.29, 1.82) is 0 Å². The number of nitrogens with zero attached hydrogens (tertiary/aromatic N) is 3. The highest BCUT2D eigenvalue weighted by Gasteiger charge is 2.14. The van der Waals surface area contributed by atoms with Crippen LogP contribution in [0, 0.1) is 0 Å². The molecule has 6 heteroatoms. The predicted molar refractivity (Wildman–Crippen MR) is 110 cm³/mol. The Labute approximate surface area is 165 Å². The maximum Gasteiger partial charge on any atom is 0.271 e. The first-order chi connectivity index (χ1) is 13.8. The van der Waals surface area contributed by atoms with Gasteiger partial charge in [0, 0.05) is 32.5 Å². The molecule has 0 fully saturated rings. The number of para-hydroxylation sites is 1. The smallest absolute Gasteiger partial charge is 0.271 e. The molecule has 0 radical (unpaired) electrons. The lowest BCUT2D eigenvalue weighted by atomic mass is 10.2. The molecular weight excluding hydrogens is 352 g/mol. The molecule has 0 spiro atoms. The molecule has 0 atom stereocenters. The van der Waals surface area contributed by atoms with Gasteiger partial charge in [0.05, 0.1) is 0 Å². The normalized spacial score (nSPS) is 10.5. The number of aromatic nitrogens is 2. The lowest BCUT2D eigenvalue weighted by Crippen LogP contribution is -2.26. The third-order valence-electron chi connectivity index (χ3n) is 4.22. The standard InChI is InChI=1S/C22H24N4O2/c1-28-16-8-15-23-22(27)20-13-14-21(25-24-20)26(19-11-6-3-7-12-19)17-18-9-4-2-5-10-18/h2-7,9-14H,8,15-17H2,1H3,(H,23,27). The van der Waals surface area contributed by atoms with Crippen molar-refractivity contribution in [3.05, 3.63) is 84.1 Å². The van der Waals surface area contributed by atoms with Crippen LogP contribution in [0.25, 0.3) is 0 Å². The summed E-state index contributed by atoms with van der Waals surface area (Å²) < 4.78 is 4.98. The minimum absolute atomic E-state index is 0.232. The maximum absolute atomic E-state index is 12.2. The third kappa shape index (κ3) is 5.37. The Kier molecular flexibility index (Phi) is 7.09. The van der Waals surface area contributed by atoms with Crippen LogP contribution in [-0.2, 0) is 11.3 Å². The summed E-state index contributed by atoms with van der Waals surface area (Å²) in [5.74, 6) is 0.454. The second-order valence-corrected chi connectivity index (χ2v) is 6.29. The summed E-state index contributed by atoms with van der Waals surface area (Å²) in [6.07, 6.45) is 0.757. The van der Waals surface area contributed by atoms with Gasteiger partial charge in [0.1, 0.15) is 0 Å². The predicted octanol–water partition coefficient (Wildman–Crippen LogP) is 3.58. The van der Waals surface area contributed by atoms with E-state index < -0.39 is 0 Å². The number of carbonyl (C=O) groups excluding carboxylic acids is 1. The number of nitrogens with one attached hydrogen (secondary N) is 1. The zero-order valence-corrected chi connectivity index (χ0v) is 15.9. The van der Waals surface area contributed by atoms with Crippen molar-refractivity contribution in [2.75, 3.05) is 25.2 Å². The van der Waals surface area contributed by atoms with E-state index in [1.165, 1.54) is 0 Å². The van der Waals surface area contributed by atoms with E-state index in [-0.39, 0.29) is 5.91 Å². The number of ether oxygens (including phenoxy) is 1. The summed E-state index contributed by atoms with van der Waals surface area (Å²) in [4.78, 5) is 14.3. The molecule has 0 unspecified atom stereocenters. The minimum atomic E-state index is -0.232. The Bertz CT molecular complexity index is 855. The van der Waals surface area contributed by atoms with Gasteiger partial charge in [-0.3, -0.25) is 4.79 Å². The van der Waals surface area contributed by atoms with Gasteiger partial charge in [-0.2, -0.15) is 0 Å². The summed E-state index contributed by atoms with van der Waals surface area (Å²) >= 11 is 0. The first kappa shape index (κ1) is 19.5. The molecule has 3 rings (SSSR count). The number of rotatable bonds is 9. The van der Waals surface area contributed by atoms with E-state index in [9.17, 15) is 4.79 Å². The summed E-state index contributed by atoms with van der Waals surface area (Å²) in [6, 6.07) is 23.7. The third-order valence-corrected chi connectivity index (χ3v) is 4.22. The second kappa shape index (κ2) is 10.2. The van der Waals surface area contributed by atoms with Crippen LogP contribution >= 0.6 is 0 Å². The van der Waals surface area contributed by atoms with Crippen molar-refractivity contribution in [3.63, 3.8) is 0 Å². The van der Waals surface area contributed by atoms with Gasteiger partial charge in [-0.25, -0.2) is 0 Å². The number of benzene rings is 2. The van der Waals surface area contributed by atoms with Gasteiger partial charge < -0.3 is 15.0 Å². The van der Waals surface area contributed by atoms with Gasteiger partial charge in [-0.1, -0.05) is 48.5 Å².